The van der Waals surface area contributed by atoms with Gasteiger partial charge in [-0.2, -0.15) is 4.98 Å². The van der Waals surface area contributed by atoms with E-state index in [1.54, 1.807) is 0 Å². The van der Waals surface area contributed by atoms with Crippen molar-refractivity contribution in [2.75, 3.05) is 17.2 Å². The second-order valence-electron chi connectivity index (χ2n) is 7.48. The van der Waals surface area contributed by atoms with Crippen molar-refractivity contribution in [3.8, 4) is 11.8 Å². The van der Waals surface area contributed by atoms with Crippen molar-refractivity contribution < 1.29 is 9.90 Å². The number of fused-ring (bicyclic) bond motifs is 1. The first-order valence-electron chi connectivity index (χ1n) is 8.48. The lowest BCUT2D eigenvalue weighted by Crippen LogP contribution is -2.30. The Hall–Kier alpha value is -2.62. The summed E-state index contributed by atoms with van der Waals surface area (Å²) < 4.78 is 0. The number of hydrogen-bond acceptors (Lipinski definition) is 6. The molecule has 3 N–H and O–H groups in total. The van der Waals surface area contributed by atoms with E-state index in [0.717, 1.165) is 11.3 Å². The highest BCUT2D eigenvalue weighted by atomic mass is 35.5. The minimum Gasteiger partial charge on any atom is -0.371 e. The van der Waals surface area contributed by atoms with Gasteiger partial charge in [0, 0.05) is 23.2 Å². The number of halogens is 1. The van der Waals surface area contributed by atoms with Crippen molar-refractivity contribution in [3.05, 3.63) is 40.5 Å². The molecule has 27 heavy (non-hydrogen) atoms. The van der Waals surface area contributed by atoms with Gasteiger partial charge in [-0.1, -0.05) is 43.4 Å². The van der Waals surface area contributed by atoms with Gasteiger partial charge >= 0.3 is 0 Å². The Morgan fingerprint density at radius 1 is 1.44 bits per heavy atom. The number of Topliss-reactive ketones (excluding diaryl/α,β-unsaturated/α-hetero) is 1. The summed E-state index contributed by atoms with van der Waals surface area (Å²) in [7, 11) is 0. The second kappa shape index (κ2) is 6.52. The third kappa shape index (κ3) is 3.61. The molecular formula is C20H21ClN4O2. The fraction of sp³-hybridized carbons (Fsp3) is 0.350. The Morgan fingerprint density at radius 2 is 2.15 bits per heavy atom. The number of carbonyl (C=O) groups is 1. The van der Waals surface area contributed by atoms with E-state index in [1.165, 1.54) is 20.0 Å². The highest BCUT2D eigenvalue weighted by Gasteiger charge is 2.37. The zero-order valence-corrected chi connectivity index (χ0v) is 16.4. The number of rotatable bonds is 2. The summed E-state index contributed by atoms with van der Waals surface area (Å²) in [5.41, 5.74) is 6.65. The van der Waals surface area contributed by atoms with Crippen molar-refractivity contribution in [2.24, 2.45) is 0 Å². The van der Waals surface area contributed by atoms with E-state index in [0.29, 0.717) is 22.9 Å². The summed E-state index contributed by atoms with van der Waals surface area (Å²) in [5.74, 6) is 5.80. The molecule has 0 bridgehead atoms. The van der Waals surface area contributed by atoms with Crippen molar-refractivity contribution >= 4 is 34.8 Å². The molecule has 1 unspecified atom stereocenters. The molecule has 0 amide bonds. The van der Waals surface area contributed by atoms with E-state index in [2.05, 4.69) is 35.7 Å². The van der Waals surface area contributed by atoms with Crippen LogP contribution in [0.3, 0.4) is 0 Å². The van der Waals surface area contributed by atoms with Crippen LogP contribution >= 0.6 is 11.6 Å². The van der Waals surface area contributed by atoms with E-state index >= 15 is 0 Å². The Morgan fingerprint density at radius 3 is 2.81 bits per heavy atom. The van der Waals surface area contributed by atoms with Crippen LogP contribution in [-0.2, 0) is 10.2 Å². The number of nitrogen functional groups attached to an aromatic ring is 1. The predicted octanol–water partition coefficient (Wildman–Crippen LogP) is 2.83. The summed E-state index contributed by atoms with van der Waals surface area (Å²) in [4.78, 5) is 21.7. The fourth-order valence-electron chi connectivity index (χ4n) is 3.00. The molecule has 3 rings (SSSR count). The number of anilines is 3. The average molecular weight is 385 g/mol. The number of benzene rings is 1. The average Bonchev–Trinajstić information content (AvgIpc) is 2.86. The molecule has 0 aliphatic carbocycles. The number of ketones is 1. The topological polar surface area (TPSA) is 92.3 Å². The zero-order chi connectivity index (χ0) is 20.0. The van der Waals surface area contributed by atoms with Gasteiger partial charge in [0.25, 0.3) is 0 Å². The highest BCUT2D eigenvalue weighted by molar-refractivity contribution is 6.33. The molecule has 2 heterocycles. The van der Waals surface area contributed by atoms with Gasteiger partial charge < -0.3 is 15.7 Å². The van der Waals surface area contributed by atoms with Gasteiger partial charge in [0.1, 0.15) is 5.02 Å². The minimum atomic E-state index is -1.68. The number of carbonyl (C=O) groups excluding carboxylic acids is 1. The maximum Gasteiger partial charge on any atom is 0.222 e. The van der Waals surface area contributed by atoms with Crippen LogP contribution in [0.2, 0.25) is 5.02 Å². The molecule has 0 spiro atoms. The van der Waals surface area contributed by atoms with Crippen LogP contribution in [0.5, 0.6) is 0 Å². The van der Waals surface area contributed by atoms with Crippen molar-refractivity contribution in [2.45, 2.75) is 38.7 Å². The van der Waals surface area contributed by atoms with E-state index in [-0.39, 0.29) is 11.4 Å². The number of aromatic nitrogens is 2. The maximum atomic E-state index is 11.5. The zero-order valence-electron chi connectivity index (χ0n) is 15.7. The van der Waals surface area contributed by atoms with Gasteiger partial charge in [-0.15, -0.1) is 0 Å². The molecule has 6 nitrogen and oxygen atoms in total. The smallest absolute Gasteiger partial charge is 0.222 e. The largest absolute Gasteiger partial charge is 0.371 e. The summed E-state index contributed by atoms with van der Waals surface area (Å²) in [6.45, 7) is 7.63. The Kier molecular flexibility index (Phi) is 4.62. The van der Waals surface area contributed by atoms with Crippen molar-refractivity contribution in [1.29, 1.82) is 0 Å². The number of aliphatic hydroxyl groups is 1. The molecule has 2 aromatic rings. The predicted molar refractivity (Wildman–Crippen MR) is 106 cm³/mol. The lowest BCUT2D eigenvalue weighted by molar-refractivity contribution is -0.128. The fourth-order valence-corrected chi connectivity index (χ4v) is 3.20. The van der Waals surface area contributed by atoms with Crippen molar-refractivity contribution in [1.82, 2.24) is 9.97 Å². The highest BCUT2D eigenvalue weighted by Crippen LogP contribution is 2.45. The lowest BCUT2D eigenvalue weighted by Gasteiger charge is -2.22. The molecular weight excluding hydrogens is 364 g/mol. The summed E-state index contributed by atoms with van der Waals surface area (Å²) in [6.07, 6.45) is 1.48. The van der Waals surface area contributed by atoms with Crippen molar-refractivity contribution in [3.63, 3.8) is 0 Å². The molecule has 1 aromatic carbocycles. The molecule has 1 aromatic heterocycles. The Bertz CT molecular complexity index is 989. The molecule has 140 valence electrons. The molecule has 0 saturated carbocycles. The summed E-state index contributed by atoms with van der Waals surface area (Å²) in [5, 5.41) is 10.5. The van der Waals surface area contributed by atoms with E-state index in [4.69, 9.17) is 17.3 Å². The van der Waals surface area contributed by atoms with Crippen LogP contribution in [0.25, 0.3) is 0 Å². The van der Waals surface area contributed by atoms with Crippen LogP contribution in [0.4, 0.5) is 17.5 Å². The number of nitrogens with two attached hydrogens (primary N) is 1. The molecule has 0 saturated heterocycles. The van der Waals surface area contributed by atoms with Gasteiger partial charge in [-0.25, -0.2) is 4.98 Å². The normalized spacial score (nSPS) is 16.9. The van der Waals surface area contributed by atoms with Crippen LogP contribution < -0.4 is 10.6 Å². The molecule has 7 heteroatoms. The molecule has 1 aliphatic rings. The summed E-state index contributed by atoms with van der Waals surface area (Å²) >= 11 is 6.31. The standard InChI is InChI=1S/C20H21ClN4O2/c1-12(26)20(4,27)8-7-13-5-6-14-16(9-13)25(11-19(14,2)3)17-15(21)10-23-18(22)24-17/h5-6,9-10,27H,11H2,1-4H3,(H2,22,23,24). The van der Waals surface area contributed by atoms with Crippen LogP contribution in [0.15, 0.2) is 24.4 Å². The maximum absolute atomic E-state index is 11.5. The van der Waals surface area contributed by atoms with E-state index in [1.807, 2.05) is 23.1 Å². The Labute approximate surface area is 163 Å². The number of hydrogen-bond donors (Lipinski definition) is 2. The molecule has 0 fully saturated rings. The molecule has 1 atom stereocenters. The van der Waals surface area contributed by atoms with E-state index in [9.17, 15) is 9.90 Å². The SMILES string of the molecule is CC(=O)C(C)(O)C#Cc1ccc2c(c1)N(c1nc(N)ncc1Cl)CC2(C)C. The van der Waals surface area contributed by atoms with Gasteiger partial charge in [-0.3, -0.25) is 4.79 Å². The second-order valence-corrected chi connectivity index (χ2v) is 7.89. The first-order chi connectivity index (χ1) is 12.5. The molecule has 1 aliphatic heterocycles. The van der Waals surface area contributed by atoms with Gasteiger partial charge in [0.05, 0.1) is 6.20 Å². The summed E-state index contributed by atoms with van der Waals surface area (Å²) in [6, 6.07) is 5.78. The number of nitrogens with zero attached hydrogens (tertiary/aromatic N) is 3. The van der Waals surface area contributed by atoms with E-state index < -0.39 is 11.4 Å². The third-order valence-corrected chi connectivity index (χ3v) is 4.97. The van der Waals surface area contributed by atoms with Crippen LogP contribution in [0, 0.1) is 11.8 Å². The van der Waals surface area contributed by atoms with Gasteiger partial charge in [-0.05, 0) is 31.5 Å². The van der Waals surface area contributed by atoms with Crippen LogP contribution in [0.1, 0.15) is 38.8 Å². The van der Waals surface area contributed by atoms with Crippen LogP contribution in [-0.4, -0.2) is 33.0 Å². The quantitative estimate of drug-likeness (QED) is 0.773. The first kappa shape index (κ1) is 19.2. The molecule has 0 radical (unpaired) electrons. The monoisotopic (exact) mass is 384 g/mol. The Balaban J connectivity index is 2.09. The minimum absolute atomic E-state index is 0.130. The van der Waals surface area contributed by atoms with Gasteiger partial charge in [0.15, 0.2) is 17.2 Å². The lowest BCUT2D eigenvalue weighted by atomic mass is 9.86. The first-order valence-corrected chi connectivity index (χ1v) is 8.86. The van der Waals surface area contributed by atoms with Gasteiger partial charge in [0.2, 0.25) is 5.95 Å². The third-order valence-electron chi connectivity index (χ3n) is 4.71.